The molecule has 0 aliphatic rings. The number of rotatable bonds is 18. The van der Waals surface area contributed by atoms with E-state index in [1.807, 2.05) is 6.92 Å². The molecule has 0 fully saturated rings. The summed E-state index contributed by atoms with van der Waals surface area (Å²) in [5, 5.41) is 31.3. The van der Waals surface area contributed by atoms with Gasteiger partial charge in [-0.05, 0) is 25.7 Å². The quantitative estimate of drug-likeness (QED) is 0.292. The molecule has 0 rings (SSSR count). The highest BCUT2D eigenvalue weighted by Gasteiger charge is 2.48. The molecule has 160 valence electrons. The first-order valence-electron chi connectivity index (χ1n) is 11.0. The lowest BCUT2D eigenvalue weighted by atomic mass is 9.75. The van der Waals surface area contributed by atoms with Crippen LogP contribution in [0.25, 0.3) is 0 Å². The van der Waals surface area contributed by atoms with Gasteiger partial charge in [0.15, 0.2) is 11.4 Å². The number of ketones is 1. The van der Waals surface area contributed by atoms with E-state index < -0.39 is 23.6 Å². The maximum Gasteiger partial charge on any atom is 0.336 e. The summed E-state index contributed by atoms with van der Waals surface area (Å²) in [7, 11) is 0. The summed E-state index contributed by atoms with van der Waals surface area (Å²) >= 11 is 0. The Bertz CT molecular complexity index is 410. The van der Waals surface area contributed by atoms with Crippen molar-refractivity contribution < 1.29 is 24.9 Å². The number of aliphatic hydroxyl groups is 2. The van der Waals surface area contributed by atoms with Crippen LogP contribution in [0.5, 0.6) is 0 Å². The van der Waals surface area contributed by atoms with Gasteiger partial charge < -0.3 is 15.3 Å². The van der Waals surface area contributed by atoms with Crippen LogP contribution in [0.15, 0.2) is 0 Å². The summed E-state index contributed by atoms with van der Waals surface area (Å²) in [5.74, 6) is -2.60. The second-order valence-electron chi connectivity index (χ2n) is 7.86. The van der Waals surface area contributed by atoms with Gasteiger partial charge in [-0.3, -0.25) is 4.79 Å². The highest BCUT2D eigenvalue weighted by molar-refractivity contribution is 5.85. The number of carbonyl (C=O) groups excluding carboxylic acids is 1. The van der Waals surface area contributed by atoms with Crippen molar-refractivity contribution in [2.45, 2.75) is 122 Å². The Morgan fingerprint density at radius 2 is 1.33 bits per heavy atom. The summed E-state index contributed by atoms with van der Waals surface area (Å²) in [6.07, 6.45) is 8.97. The number of aliphatic carboxylic acids is 1. The Morgan fingerprint density at radius 1 is 0.815 bits per heavy atom. The predicted octanol–water partition coefficient (Wildman–Crippen LogP) is 4.87. The third-order valence-electron chi connectivity index (χ3n) is 5.50. The van der Waals surface area contributed by atoms with Gasteiger partial charge in [0, 0.05) is 12.3 Å². The van der Waals surface area contributed by atoms with Gasteiger partial charge in [-0.1, -0.05) is 78.6 Å². The molecule has 0 saturated carbocycles. The molecule has 0 aromatic heterocycles. The normalized spacial score (nSPS) is 15.9. The molecule has 0 aromatic carbocycles. The Hall–Kier alpha value is -0.940. The molecule has 0 heterocycles. The van der Waals surface area contributed by atoms with Crippen LogP contribution < -0.4 is 0 Å². The summed E-state index contributed by atoms with van der Waals surface area (Å²) in [6, 6.07) is 0. The number of Topliss-reactive ketones (excluding diaryl/α,β-unsaturated/α-hetero) is 1. The van der Waals surface area contributed by atoms with Crippen molar-refractivity contribution in [3.05, 3.63) is 0 Å². The second-order valence-corrected chi connectivity index (χ2v) is 7.86. The van der Waals surface area contributed by atoms with Gasteiger partial charge in [-0.2, -0.15) is 0 Å². The van der Waals surface area contributed by atoms with E-state index in [1.54, 1.807) is 0 Å². The molecule has 27 heavy (non-hydrogen) atoms. The molecule has 0 aliphatic heterocycles. The van der Waals surface area contributed by atoms with Crippen molar-refractivity contribution >= 4 is 11.8 Å². The standard InChI is InChI=1S/C22H42O5/c1-4-7-10-13-16-19(23)20(24)18(15-12-9-6-3)22(27,21(25)26)17-14-11-8-5-2/h18,20,24,27H,4-17H2,1-3H3,(H,25,26). The average molecular weight is 387 g/mol. The maximum atomic E-state index is 12.5. The van der Waals surface area contributed by atoms with Crippen molar-refractivity contribution in [2.75, 3.05) is 0 Å². The van der Waals surface area contributed by atoms with E-state index in [0.29, 0.717) is 25.7 Å². The van der Waals surface area contributed by atoms with Crippen molar-refractivity contribution in [2.24, 2.45) is 5.92 Å². The molecule has 0 spiro atoms. The lowest BCUT2D eigenvalue weighted by Crippen LogP contribution is -2.52. The van der Waals surface area contributed by atoms with E-state index >= 15 is 0 Å². The van der Waals surface area contributed by atoms with Gasteiger partial charge in [-0.25, -0.2) is 4.79 Å². The lowest BCUT2D eigenvalue weighted by molar-refractivity contribution is -0.174. The first-order chi connectivity index (χ1) is 12.8. The first-order valence-corrected chi connectivity index (χ1v) is 11.0. The van der Waals surface area contributed by atoms with E-state index in [-0.39, 0.29) is 18.6 Å². The highest BCUT2D eigenvalue weighted by Crippen LogP contribution is 2.33. The zero-order valence-corrected chi connectivity index (χ0v) is 17.7. The molecule has 0 aliphatic carbocycles. The van der Waals surface area contributed by atoms with E-state index in [0.717, 1.165) is 51.4 Å². The third-order valence-corrected chi connectivity index (χ3v) is 5.50. The fourth-order valence-electron chi connectivity index (χ4n) is 3.64. The van der Waals surface area contributed by atoms with Gasteiger partial charge in [0.25, 0.3) is 0 Å². The summed E-state index contributed by atoms with van der Waals surface area (Å²) in [6.45, 7) is 6.20. The van der Waals surface area contributed by atoms with Crippen LogP contribution in [0.3, 0.4) is 0 Å². The highest BCUT2D eigenvalue weighted by atomic mass is 16.4. The molecular weight excluding hydrogens is 344 g/mol. The minimum absolute atomic E-state index is 0.0826. The van der Waals surface area contributed by atoms with E-state index in [9.17, 15) is 24.9 Å². The van der Waals surface area contributed by atoms with Crippen molar-refractivity contribution in [1.29, 1.82) is 0 Å². The van der Waals surface area contributed by atoms with E-state index in [2.05, 4.69) is 13.8 Å². The van der Waals surface area contributed by atoms with Crippen LogP contribution in [0, 0.1) is 5.92 Å². The molecular formula is C22H42O5. The lowest BCUT2D eigenvalue weighted by Gasteiger charge is -2.35. The number of carboxylic acids is 1. The van der Waals surface area contributed by atoms with Gasteiger partial charge in [0.1, 0.15) is 6.10 Å². The van der Waals surface area contributed by atoms with Crippen LogP contribution in [0.1, 0.15) is 111 Å². The zero-order valence-electron chi connectivity index (χ0n) is 17.7. The van der Waals surface area contributed by atoms with Gasteiger partial charge >= 0.3 is 5.97 Å². The van der Waals surface area contributed by atoms with Crippen LogP contribution in [0.2, 0.25) is 0 Å². The topological polar surface area (TPSA) is 94.8 Å². The molecule has 3 N–H and O–H groups in total. The summed E-state index contributed by atoms with van der Waals surface area (Å²) in [4.78, 5) is 24.4. The Morgan fingerprint density at radius 3 is 1.85 bits per heavy atom. The molecule has 0 amide bonds. The first kappa shape index (κ1) is 26.1. The van der Waals surface area contributed by atoms with Crippen LogP contribution in [-0.4, -0.2) is 38.8 Å². The number of carbonyl (C=O) groups is 2. The number of aliphatic hydroxyl groups excluding tert-OH is 1. The van der Waals surface area contributed by atoms with E-state index in [4.69, 9.17) is 0 Å². The predicted molar refractivity (Wildman–Crippen MR) is 109 cm³/mol. The van der Waals surface area contributed by atoms with Crippen LogP contribution in [0.4, 0.5) is 0 Å². The fraction of sp³-hybridized carbons (Fsp3) is 0.909. The molecule has 0 bridgehead atoms. The minimum atomic E-state index is -2.04. The molecule has 0 aromatic rings. The van der Waals surface area contributed by atoms with Crippen molar-refractivity contribution in [3.8, 4) is 0 Å². The molecule has 3 atom stereocenters. The maximum absolute atomic E-state index is 12.5. The molecule has 0 saturated heterocycles. The smallest absolute Gasteiger partial charge is 0.336 e. The zero-order chi connectivity index (χ0) is 20.7. The average Bonchev–Trinajstić information content (AvgIpc) is 2.65. The number of hydrogen-bond acceptors (Lipinski definition) is 4. The molecule has 0 radical (unpaired) electrons. The van der Waals surface area contributed by atoms with E-state index in [1.165, 1.54) is 0 Å². The summed E-state index contributed by atoms with van der Waals surface area (Å²) in [5.41, 5.74) is -2.04. The third kappa shape index (κ3) is 9.70. The number of unbranched alkanes of at least 4 members (excludes halogenated alkanes) is 8. The fourth-order valence-corrected chi connectivity index (χ4v) is 3.64. The van der Waals surface area contributed by atoms with Gasteiger partial charge in [0.05, 0.1) is 0 Å². The van der Waals surface area contributed by atoms with Crippen LogP contribution in [-0.2, 0) is 9.59 Å². The second kappa shape index (κ2) is 15.0. The largest absolute Gasteiger partial charge is 0.479 e. The molecule has 5 heteroatoms. The number of hydrogen-bond donors (Lipinski definition) is 3. The molecule has 5 nitrogen and oxygen atoms in total. The molecule has 3 unspecified atom stereocenters. The monoisotopic (exact) mass is 386 g/mol. The summed E-state index contributed by atoms with van der Waals surface area (Å²) < 4.78 is 0. The Balaban J connectivity index is 5.16. The van der Waals surface area contributed by atoms with Gasteiger partial charge in [-0.15, -0.1) is 0 Å². The minimum Gasteiger partial charge on any atom is -0.479 e. The Kier molecular flexibility index (Phi) is 14.5. The Labute approximate surface area is 165 Å². The van der Waals surface area contributed by atoms with Crippen LogP contribution >= 0.6 is 0 Å². The number of carboxylic acid groups (broad SMARTS) is 1. The van der Waals surface area contributed by atoms with Crippen molar-refractivity contribution in [3.63, 3.8) is 0 Å². The SMILES string of the molecule is CCCCCCC(=O)C(O)C(CCCCC)C(O)(CCCCCC)C(=O)O. The van der Waals surface area contributed by atoms with Gasteiger partial charge in [0.2, 0.25) is 0 Å². The van der Waals surface area contributed by atoms with Crippen molar-refractivity contribution in [1.82, 2.24) is 0 Å².